The average Bonchev–Trinajstić information content (AvgIpc) is 2.84. The van der Waals surface area contributed by atoms with E-state index in [1.54, 1.807) is 4.90 Å². The Morgan fingerprint density at radius 2 is 1.26 bits per heavy atom. The number of piperidine rings is 1. The molecular weight excluding hydrogens is 384 g/mol. The Morgan fingerprint density at radius 3 is 1.77 bits per heavy atom. The van der Waals surface area contributed by atoms with Crippen molar-refractivity contribution < 1.29 is 9.59 Å². The normalized spacial score (nSPS) is 14.4. The van der Waals surface area contributed by atoms with E-state index in [-0.39, 0.29) is 6.04 Å². The summed E-state index contributed by atoms with van der Waals surface area (Å²) in [7, 11) is 0. The molecule has 0 aromatic heterocycles. The van der Waals surface area contributed by atoms with Crippen molar-refractivity contribution in [2.75, 3.05) is 13.1 Å². The summed E-state index contributed by atoms with van der Waals surface area (Å²) in [5.74, 6) is -0.426. The molecule has 0 unspecified atom stereocenters. The molecule has 0 bridgehead atoms. The minimum Gasteiger partial charge on any atom is -0.337 e. The number of rotatable bonds is 5. The monoisotopic (exact) mass is 412 g/mol. The van der Waals surface area contributed by atoms with Gasteiger partial charge in [0.1, 0.15) is 0 Å². The van der Waals surface area contributed by atoms with E-state index < -0.39 is 11.8 Å². The summed E-state index contributed by atoms with van der Waals surface area (Å²) < 4.78 is 0. The van der Waals surface area contributed by atoms with Crippen molar-refractivity contribution in [2.24, 2.45) is 5.92 Å². The van der Waals surface area contributed by atoms with E-state index in [0.29, 0.717) is 19.0 Å². The van der Waals surface area contributed by atoms with Crippen LogP contribution in [0.4, 0.5) is 0 Å². The lowest BCUT2D eigenvalue weighted by Crippen LogP contribution is -2.47. The van der Waals surface area contributed by atoms with Gasteiger partial charge in [-0.25, -0.2) is 0 Å². The van der Waals surface area contributed by atoms with Gasteiger partial charge in [-0.2, -0.15) is 0 Å². The molecule has 1 fully saturated rings. The molecule has 4 heteroatoms. The highest BCUT2D eigenvalue weighted by atomic mass is 16.2. The SMILES string of the molecule is O=C(NC(c1ccccc1)c1ccccc1)C(=O)N1CCC(Cc2ccccc2)CC1. The first-order chi connectivity index (χ1) is 15.2. The molecule has 1 aliphatic rings. The fourth-order valence-electron chi connectivity index (χ4n) is 4.27. The van der Waals surface area contributed by atoms with Gasteiger partial charge in [-0.1, -0.05) is 91.0 Å². The molecular formula is C27H28N2O2. The van der Waals surface area contributed by atoms with Crippen LogP contribution in [0.1, 0.15) is 35.6 Å². The first-order valence-electron chi connectivity index (χ1n) is 10.9. The van der Waals surface area contributed by atoms with Crippen molar-refractivity contribution >= 4 is 11.8 Å². The molecule has 1 N–H and O–H groups in total. The maximum absolute atomic E-state index is 12.9. The highest BCUT2D eigenvalue weighted by Gasteiger charge is 2.29. The minimum atomic E-state index is -0.542. The van der Waals surface area contributed by atoms with E-state index in [1.165, 1.54) is 5.56 Å². The second-order valence-electron chi connectivity index (χ2n) is 8.15. The number of carbonyl (C=O) groups excluding carboxylic acids is 2. The zero-order valence-corrected chi connectivity index (χ0v) is 17.6. The molecule has 3 aromatic rings. The van der Waals surface area contributed by atoms with Crippen molar-refractivity contribution in [3.63, 3.8) is 0 Å². The van der Waals surface area contributed by atoms with Crippen molar-refractivity contribution in [3.05, 3.63) is 108 Å². The highest BCUT2D eigenvalue weighted by Crippen LogP contribution is 2.24. The van der Waals surface area contributed by atoms with Gasteiger partial charge in [-0.3, -0.25) is 9.59 Å². The first-order valence-corrected chi connectivity index (χ1v) is 10.9. The number of hydrogen-bond donors (Lipinski definition) is 1. The van der Waals surface area contributed by atoms with E-state index in [1.807, 2.05) is 66.7 Å². The lowest BCUT2D eigenvalue weighted by atomic mass is 9.90. The molecule has 0 saturated carbocycles. The number of hydrogen-bond acceptors (Lipinski definition) is 2. The quantitative estimate of drug-likeness (QED) is 0.633. The maximum atomic E-state index is 12.9. The number of amides is 2. The van der Waals surface area contributed by atoms with Crippen molar-refractivity contribution in [3.8, 4) is 0 Å². The molecule has 4 rings (SSSR count). The zero-order valence-electron chi connectivity index (χ0n) is 17.6. The number of likely N-dealkylation sites (tertiary alicyclic amines) is 1. The Kier molecular flexibility index (Phi) is 6.78. The third-order valence-corrected chi connectivity index (χ3v) is 6.00. The van der Waals surface area contributed by atoms with E-state index in [0.717, 1.165) is 30.4 Å². The average molecular weight is 413 g/mol. The summed E-state index contributed by atoms with van der Waals surface area (Å²) >= 11 is 0. The van der Waals surface area contributed by atoms with Gasteiger partial charge >= 0.3 is 11.8 Å². The van der Waals surface area contributed by atoms with Gasteiger partial charge in [0.05, 0.1) is 6.04 Å². The van der Waals surface area contributed by atoms with Crippen LogP contribution in [0.15, 0.2) is 91.0 Å². The second kappa shape index (κ2) is 10.1. The minimum absolute atomic E-state index is 0.352. The fourth-order valence-corrected chi connectivity index (χ4v) is 4.27. The van der Waals surface area contributed by atoms with Gasteiger partial charge in [0.25, 0.3) is 0 Å². The van der Waals surface area contributed by atoms with Crippen LogP contribution in [0, 0.1) is 5.92 Å². The summed E-state index contributed by atoms with van der Waals surface area (Å²) in [4.78, 5) is 27.4. The van der Waals surface area contributed by atoms with Crippen LogP contribution in [-0.4, -0.2) is 29.8 Å². The second-order valence-corrected chi connectivity index (χ2v) is 8.15. The molecule has 0 radical (unpaired) electrons. The highest BCUT2D eigenvalue weighted by molar-refractivity contribution is 6.35. The Bertz CT molecular complexity index is 942. The lowest BCUT2D eigenvalue weighted by molar-refractivity contribution is -0.147. The van der Waals surface area contributed by atoms with E-state index >= 15 is 0 Å². The number of carbonyl (C=O) groups is 2. The Morgan fingerprint density at radius 1 is 0.774 bits per heavy atom. The summed E-state index contributed by atoms with van der Waals surface area (Å²) in [6, 6.07) is 29.6. The van der Waals surface area contributed by atoms with E-state index in [9.17, 15) is 9.59 Å². The summed E-state index contributed by atoms with van der Waals surface area (Å²) in [6.07, 6.45) is 2.88. The van der Waals surface area contributed by atoms with E-state index in [4.69, 9.17) is 0 Å². The van der Waals surface area contributed by atoms with Crippen molar-refractivity contribution in [1.29, 1.82) is 0 Å². The molecule has 3 aromatic carbocycles. The Labute approximate surface area is 183 Å². The number of nitrogens with one attached hydrogen (secondary N) is 1. The molecule has 31 heavy (non-hydrogen) atoms. The lowest BCUT2D eigenvalue weighted by Gasteiger charge is -2.32. The van der Waals surface area contributed by atoms with Gasteiger partial charge in [0.2, 0.25) is 0 Å². The largest absolute Gasteiger partial charge is 0.337 e. The molecule has 2 amide bonds. The van der Waals surface area contributed by atoms with Gasteiger partial charge in [0.15, 0.2) is 0 Å². The molecule has 158 valence electrons. The molecule has 1 saturated heterocycles. The molecule has 0 aliphatic carbocycles. The van der Waals surface area contributed by atoms with Crippen LogP contribution in [0.25, 0.3) is 0 Å². The smallest absolute Gasteiger partial charge is 0.311 e. The van der Waals surface area contributed by atoms with Gasteiger partial charge in [-0.15, -0.1) is 0 Å². The summed E-state index contributed by atoms with van der Waals surface area (Å²) in [6.45, 7) is 1.26. The van der Waals surface area contributed by atoms with Crippen LogP contribution >= 0.6 is 0 Å². The summed E-state index contributed by atoms with van der Waals surface area (Å²) in [5.41, 5.74) is 3.24. The standard InChI is InChI=1S/C27H28N2O2/c30-26(28-25(23-12-6-2-7-13-23)24-14-8-3-9-15-24)27(31)29-18-16-22(17-19-29)20-21-10-4-1-5-11-21/h1-15,22,25H,16-20H2,(H,28,30). The van der Waals surface area contributed by atoms with Crippen LogP contribution in [0.2, 0.25) is 0 Å². The van der Waals surface area contributed by atoms with Gasteiger partial charge in [-0.05, 0) is 41.9 Å². The summed E-state index contributed by atoms with van der Waals surface area (Å²) in [5, 5.41) is 2.97. The van der Waals surface area contributed by atoms with Gasteiger partial charge < -0.3 is 10.2 Å². The molecule has 4 nitrogen and oxygen atoms in total. The maximum Gasteiger partial charge on any atom is 0.311 e. The van der Waals surface area contributed by atoms with Crippen LogP contribution in [-0.2, 0) is 16.0 Å². The molecule has 0 spiro atoms. The predicted molar refractivity (Wildman–Crippen MR) is 122 cm³/mol. The predicted octanol–water partition coefficient (Wildman–Crippen LogP) is 4.37. The number of nitrogens with zero attached hydrogens (tertiary/aromatic N) is 1. The third-order valence-electron chi connectivity index (χ3n) is 6.00. The van der Waals surface area contributed by atoms with Crippen LogP contribution in [0.3, 0.4) is 0 Å². The first kappa shape index (κ1) is 20.9. The molecule has 1 aliphatic heterocycles. The fraction of sp³-hybridized carbons (Fsp3) is 0.259. The van der Waals surface area contributed by atoms with Crippen LogP contribution in [0.5, 0.6) is 0 Å². The van der Waals surface area contributed by atoms with Crippen molar-refractivity contribution in [1.82, 2.24) is 10.2 Å². The zero-order chi connectivity index (χ0) is 21.5. The number of benzene rings is 3. The van der Waals surface area contributed by atoms with Crippen LogP contribution < -0.4 is 5.32 Å². The third kappa shape index (κ3) is 5.40. The Hall–Kier alpha value is -3.40. The molecule has 1 heterocycles. The topological polar surface area (TPSA) is 49.4 Å². The van der Waals surface area contributed by atoms with Crippen molar-refractivity contribution in [2.45, 2.75) is 25.3 Å². The Balaban J connectivity index is 1.38. The van der Waals surface area contributed by atoms with E-state index in [2.05, 4.69) is 29.6 Å². The van der Waals surface area contributed by atoms with Gasteiger partial charge in [0, 0.05) is 13.1 Å². The molecule has 0 atom stereocenters.